The molecule has 3 aliphatic heterocycles. The number of rotatable bonds is 8. The van der Waals surface area contributed by atoms with Crippen molar-refractivity contribution in [2.45, 2.75) is 30.4 Å². The molecule has 0 bridgehead atoms. The average molecular weight is 546 g/mol. The van der Waals surface area contributed by atoms with Crippen molar-refractivity contribution in [2.75, 3.05) is 24.7 Å². The van der Waals surface area contributed by atoms with Gasteiger partial charge >= 0.3 is 71.1 Å². The molecule has 0 spiro atoms. The molecule has 4 heterocycles. The van der Waals surface area contributed by atoms with E-state index in [1.165, 1.54) is 17.1 Å². The van der Waals surface area contributed by atoms with Crippen molar-refractivity contribution in [3.8, 4) is 0 Å². The van der Waals surface area contributed by atoms with E-state index < -0.39 is 41.8 Å². The van der Waals surface area contributed by atoms with Crippen LogP contribution >= 0.6 is 23.1 Å². The largest absolute Gasteiger partial charge is 1.00 e. The maximum Gasteiger partial charge on any atom is 1.00 e. The fraction of sp³-hybridized carbons (Fsp3) is 0.444. The summed E-state index contributed by atoms with van der Waals surface area (Å²) in [5.74, 6) is -3.61. The molecule has 5 N–H and O–H groups in total. The number of oxime groups is 1. The molecule has 0 saturated carbocycles. The molecular weight excluding hydrogens is 524 g/mol. The van der Waals surface area contributed by atoms with Crippen molar-refractivity contribution in [2.24, 2.45) is 5.16 Å². The van der Waals surface area contributed by atoms with E-state index in [1.54, 1.807) is 0 Å². The van der Waals surface area contributed by atoms with Gasteiger partial charge in [0, 0.05) is 17.7 Å². The Hall–Kier alpha value is -1.17. The first-order valence-corrected chi connectivity index (χ1v) is 11.7. The van der Waals surface area contributed by atoms with Gasteiger partial charge in [-0.3, -0.25) is 14.5 Å². The number of carbonyl (C=O) groups excluding carboxylic acids is 2. The number of nitrogens with one attached hydrogen (secondary N) is 1. The number of aliphatic carboxylic acids is 2. The summed E-state index contributed by atoms with van der Waals surface area (Å²) in [4.78, 5) is 58.1. The van der Waals surface area contributed by atoms with Crippen LogP contribution in [0.3, 0.4) is 0 Å². The van der Waals surface area contributed by atoms with Crippen molar-refractivity contribution >= 4 is 57.7 Å². The first kappa shape index (κ1) is 30.1. The Labute approximate surface area is 254 Å². The molecule has 0 aliphatic carbocycles. The maximum atomic E-state index is 12.9. The van der Waals surface area contributed by atoms with Gasteiger partial charge in [0.2, 0.25) is 6.61 Å². The molecule has 35 heavy (non-hydrogen) atoms. The summed E-state index contributed by atoms with van der Waals surface area (Å²) in [6.45, 7) is -0.251. The minimum Gasteiger partial charge on any atom is -1.00 e. The number of thioether (sulfide) groups is 1. The number of β-lactam (4-membered cyclic amide) rings is 1. The minimum absolute atomic E-state index is 0. The fourth-order valence-electron chi connectivity index (χ4n) is 3.70. The topological polar surface area (TPSA) is 194 Å². The van der Waals surface area contributed by atoms with Gasteiger partial charge in [-0.2, -0.15) is 0 Å². The molecule has 180 valence electrons. The van der Waals surface area contributed by atoms with E-state index in [9.17, 15) is 24.3 Å². The van der Waals surface area contributed by atoms with E-state index in [-0.39, 0.29) is 90.3 Å². The van der Waals surface area contributed by atoms with Crippen LogP contribution in [0.2, 0.25) is 0 Å². The number of carboxylic acids is 2. The number of nitrogens with two attached hydrogens (primary N) is 1. The molecule has 13 nitrogen and oxygen atoms in total. The van der Waals surface area contributed by atoms with E-state index in [0.29, 0.717) is 24.4 Å². The standard InChI is InChI=1S/C18H19N5O8S2.2Na.2H/c19-18-20-8(6-33-18)11(22-31-4-10(24)25)14(26)21-12-15(27)23-13(17(28)29)7(5-32-16(12)23)9-2-1-3-30-9;;;;/h6,9,12,16H,1-5H2,(H2,19,20)(H,21,26)(H,24,25)(H,28,29);;;;/q;2*+1;2*-1/b22-11+;;;;/t9?,12-,16-;;;;/m1..../s1. The van der Waals surface area contributed by atoms with E-state index in [2.05, 4.69) is 20.3 Å². The summed E-state index contributed by atoms with van der Waals surface area (Å²) in [5, 5.41) is 25.5. The van der Waals surface area contributed by atoms with E-state index in [1.807, 2.05) is 0 Å². The Morgan fingerprint density at radius 3 is 2.69 bits per heavy atom. The van der Waals surface area contributed by atoms with Crippen molar-refractivity contribution in [3.63, 3.8) is 0 Å². The monoisotopic (exact) mass is 545 g/mol. The molecule has 1 aromatic rings. The zero-order valence-electron chi connectivity index (χ0n) is 20.9. The third kappa shape index (κ3) is 6.40. The Balaban J connectivity index is 0.00000324. The van der Waals surface area contributed by atoms with Crippen molar-refractivity contribution < 1.29 is 101 Å². The quantitative estimate of drug-likeness (QED) is 0.105. The normalized spacial score (nSPS) is 23.4. The molecule has 2 fully saturated rings. The summed E-state index contributed by atoms with van der Waals surface area (Å²) >= 11 is 2.36. The first-order chi connectivity index (χ1) is 15.8. The van der Waals surface area contributed by atoms with Crippen molar-refractivity contribution in [1.29, 1.82) is 0 Å². The predicted molar refractivity (Wildman–Crippen MR) is 118 cm³/mol. The summed E-state index contributed by atoms with van der Waals surface area (Å²) in [5.41, 5.74) is 5.75. The van der Waals surface area contributed by atoms with Gasteiger partial charge < -0.3 is 33.7 Å². The second-order valence-corrected chi connectivity index (χ2v) is 9.21. The zero-order chi connectivity index (χ0) is 23.7. The van der Waals surface area contributed by atoms with Crippen LogP contribution in [0.5, 0.6) is 0 Å². The van der Waals surface area contributed by atoms with Gasteiger partial charge in [-0.25, -0.2) is 14.6 Å². The van der Waals surface area contributed by atoms with Gasteiger partial charge in [-0.1, -0.05) is 5.16 Å². The Morgan fingerprint density at radius 2 is 2.11 bits per heavy atom. The van der Waals surface area contributed by atoms with Crippen molar-refractivity contribution in [1.82, 2.24) is 15.2 Å². The number of hydrogen-bond donors (Lipinski definition) is 4. The van der Waals surface area contributed by atoms with Gasteiger partial charge in [-0.05, 0) is 18.4 Å². The molecular formula is C18H21N5Na2O8S2. The van der Waals surface area contributed by atoms with E-state index in [4.69, 9.17) is 15.6 Å². The van der Waals surface area contributed by atoms with Gasteiger partial charge in [-0.15, -0.1) is 23.1 Å². The molecule has 3 aliphatic rings. The smallest absolute Gasteiger partial charge is 1.00 e. The third-order valence-electron chi connectivity index (χ3n) is 5.13. The van der Waals surface area contributed by atoms with E-state index >= 15 is 0 Å². The molecule has 1 unspecified atom stereocenters. The first-order valence-electron chi connectivity index (χ1n) is 9.74. The number of amides is 2. The summed E-state index contributed by atoms with van der Waals surface area (Å²) in [7, 11) is 0. The number of ether oxygens (including phenoxy) is 1. The molecule has 4 rings (SSSR count). The number of carbonyl (C=O) groups is 4. The SMILES string of the molecule is Nc1nc(/C(=N\OCC(=O)O)C(=O)N[C@@H]2C(=O)N3C(C(=O)O)=C(C4CCCO4)CS[C@H]23)cs1.[H-].[H-].[Na+].[Na+]. The second kappa shape index (κ2) is 12.9. The van der Waals surface area contributed by atoms with Crippen LogP contribution in [0, 0.1) is 0 Å². The van der Waals surface area contributed by atoms with Crippen LogP contribution in [0.15, 0.2) is 21.8 Å². The summed E-state index contributed by atoms with van der Waals surface area (Å²) in [6.07, 6.45) is 1.16. The van der Waals surface area contributed by atoms with Crippen LogP contribution in [0.4, 0.5) is 5.13 Å². The Kier molecular flexibility index (Phi) is 11.1. The Bertz CT molecular complexity index is 1090. The van der Waals surface area contributed by atoms with Crippen LogP contribution in [-0.4, -0.2) is 86.0 Å². The van der Waals surface area contributed by atoms with Crippen LogP contribution in [-0.2, 0) is 28.8 Å². The second-order valence-electron chi connectivity index (χ2n) is 7.22. The predicted octanol–water partition coefficient (Wildman–Crippen LogP) is -6.32. The van der Waals surface area contributed by atoms with Crippen LogP contribution in [0.1, 0.15) is 21.4 Å². The molecule has 2 saturated heterocycles. The number of nitrogen functional groups attached to an aromatic ring is 1. The van der Waals surface area contributed by atoms with Gasteiger partial charge in [0.25, 0.3) is 11.8 Å². The molecule has 0 aromatic carbocycles. The van der Waals surface area contributed by atoms with Crippen LogP contribution < -0.4 is 70.2 Å². The number of carboxylic acid groups (broad SMARTS) is 2. The van der Waals surface area contributed by atoms with Crippen molar-refractivity contribution in [3.05, 3.63) is 22.3 Å². The molecule has 2 amide bonds. The summed E-state index contributed by atoms with van der Waals surface area (Å²) in [6, 6.07) is -1.01. The fourth-order valence-corrected chi connectivity index (χ4v) is 5.66. The number of nitrogens with zero attached hydrogens (tertiary/aromatic N) is 3. The van der Waals surface area contributed by atoms with Gasteiger partial charge in [0.15, 0.2) is 10.8 Å². The van der Waals surface area contributed by atoms with Gasteiger partial charge in [0.1, 0.15) is 22.8 Å². The minimum atomic E-state index is -1.30. The zero-order valence-corrected chi connectivity index (χ0v) is 24.6. The summed E-state index contributed by atoms with van der Waals surface area (Å²) < 4.78 is 5.61. The number of anilines is 1. The number of hydrogen-bond acceptors (Lipinski definition) is 11. The number of fused-ring (bicyclic) bond motifs is 1. The number of thiazole rings is 1. The van der Waals surface area contributed by atoms with E-state index in [0.717, 1.165) is 22.7 Å². The molecule has 3 atom stereocenters. The van der Waals surface area contributed by atoms with Gasteiger partial charge in [0.05, 0.1) is 6.10 Å². The molecule has 1 aromatic heterocycles. The average Bonchev–Trinajstić information content (AvgIpc) is 3.45. The molecule has 17 heteroatoms. The molecule has 0 radical (unpaired) electrons. The maximum absolute atomic E-state index is 12.9. The Morgan fingerprint density at radius 1 is 1.37 bits per heavy atom. The third-order valence-corrected chi connectivity index (χ3v) is 7.10. The van der Waals surface area contributed by atoms with Crippen LogP contribution in [0.25, 0.3) is 0 Å². The number of aromatic nitrogens is 1.